The number of carbonyl (C=O) groups excluding carboxylic acids is 1. The summed E-state index contributed by atoms with van der Waals surface area (Å²) in [5.74, 6) is -0.0715. The van der Waals surface area contributed by atoms with Gasteiger partial charge in [-0.05, 0) is 62.5 Å². The SMILES string of the molecule is CCc1c(C(=O)CC2(c3ccccc3)CCCN(C)C2)ccc(C(F)(F)F)c1C.O=CO. The van der Waals surface area contributed by atoms with Crippen LogP contribution in [0.4, 0.5) is 13.2 Å². The van der Waals surface area contributed by atoms with Crippen LogP contribution in [-0.2, 0) is 22.8 Å². The van der Waals surface area contributed by atoms with Crippen molar-refractivity contribution >= 4 is 12.3 Å². The van der Waals surface area contributed by atoms with Crippen LogP contribution in [0.15, 0.2) is 42.5 Å². The number of likely N-dealkylation sites (N-methyl/N-ethyl adjacent to an activating group) is 1. The lowest BCUT2D eigenvalue weighted by molar-refractivity contribution is -0.138. The van der Waals surface area contributed by atoms with E-state index in [1.807, 2.05) is 18.2 Å². The van der Waals surface area contributed by atoms with E-state index in [0.29, 0.717) is 24.0 Å². The van der Waals surface area contributed by atoms with Crippen molar-refractivity contribution in [3.05, 3.63) is 70.3 Å². The maximum Gasteiger partial charge on any atom is 0.416 e. The summed E-state index contributed by atoms with van der Waals surface area (Å²) in [5.41, 5.74) is 1.27. The molecule has 1 heterocycles. The molecule has 174 valence electrons. The Labute approximate surface area is 187 Å². The van der Waals surface area contributed by atoms with Crippen LogP contribution in [0, 0.1) is 6.92 Å². The third kappa shape index (κ3) is 5.76. The summed E-state index contributed by atoms with van der Waals surface area (Å²) in [4.78, 5) is 24.0. The van der Waals surface area contributed by atoms with Crippen molar-refractivity contribution in [1.29, 1.82) is 0 Å². The number of piperidine rings is 1. The molecule has 0 aromatic heterocycles. The van der Waals surface area contributed by atoms with Gasteiger partial charge >= 0.3 is 6.18 Å². The topological polar surface area (TPSA) is 57.6 Å². The molecule has 0 spiro atoms. The second-order valence-corrected chi connectivity index (χ2v) is 8.31. The fourth-order valence-electron chi connectivity index (χ4n) is 4.82. The van der Waals surface area contributed by atoms with Crippen LogP contribution in [0.3, 0.4) is 0 Å². The zero-order valence-electron chi connectivity index (χ0n) is 18.7. The number of likely N-dealkylation sites (tertiary alicyclic amines) is 1. The number of Topliss-reactive ketones (excluding diaryl/α,β-unsaturated/α-hetero) is 1. The smallest absolute Gasteiger partial charge is 0.416 e. The molecule has 0 radical (unpaired) electrons. The molecule has 4 nitrogen and oxygen atoms in total. The first-order chi connectivity index (χ1) is 15.1. The first-order valence-corrected chi connectivity index (χ1v) is 10.6. The molecule has 0 saturated carbocycles. The Hall–Kier alpha value is -2.67. The lowest BCUT2D eigenvalue weighted by Crippen LogP contribution is -2.45. The van der Waals surface area contributed by atoms with Crippen LogP contribution in [-0.4, -0.2) is 42.4 Å². The van der Waals surface area contributed by atoms with Gasteiger partial charge in [0.15, 0.2) is 5.78 Å². The second kappa shape index (κ2) is 10.8. The van der Waals surface area contributed by atoms with Gasteiger partial charge in [0.25, 0.3) is 6.47 Å². The molecule has 2 aromatic rings. The third-order valence-electron chi connectivity index (χ3n) is 6.21. The number of carbonyl (C=O) groups is 2. The van der Waals surface area contributed by atoms with E-state index in [-0.39, 0.29) is 23.2 Å². The number of carboxylic acid groups (broad SMARTS) is 1. The molecule has 0 aliphatic carbocycles. The Kier molecular flexibility index (Phi) is 8.61. The molecule has 3 rings (SSSR count). The number of ketones is 1. The molecule has 1 N–H and O–H groups in total. The normalized spacial score (nSPS) is 19.1. The summed E-state index contributed by atoms with van der Waals surface area (Å²) < 4.78 is 39.9. The summed E-state index contributed by atoms with van der Waals surface area (Å²) in [5, 5.41) is 6.89. The van der Waals surface area contributed by atoms with Gasteiger partial charge in [-0.15, -0.1) is 0 Å². The zero-order chi connectivity index (χ0) is 23.9. The molecule has 0 amide bonds. The summed E-state index contributed by atoms with van der Waals surface area (Å²) in [6, 6.07) is 12.5. The highest BCUT2D eigenvalue weighted by Crippen LogP contribution is 2.39. The number of rotatable bonds is 5. The van der Waals surface area contributed by atoms with Crippen LogP contribution in [0.5, 0.6) is 0 Å². The first-order valence-electron chi connectivity index (χ1n) is 10.6. The van der Waals surface area contributed by atoms with Gasteiger partial charge in [-0.3, -0.25) is 9.59 Å². The van der Waals surface area contributed by atoms with Crippen LogP contribution in [0.2, 0.25) is 0 Å². The fourth-order valence-corrected chi connectivity index (χ4v) is 4.82. The van der Waals surface area contributed by atoms with Gasteiger partial charge in [-0.25, -0.2) is 0 Å². The maximum absolute atomic E-state index is 13.4. The van der Waals surface area contributed by atoms with E-state index >= 15 is 0 Å². The highest BCUT2D eigenvalue weighted by atomic mass is 19.4. The standard InChI is InChI=1S/C24H28F3NO.CH2O2/c1-4-19-17(2)21(24(25,26)27)12-11-20(19)22(29)15-23(13-8-14-28(3)16-23)18-9-6-5-7-10-18;2-1-3/h5-7,9-12H,4,8,13-16H2,1-3H3;1H,(H,2,3). The lowest BCUT2D eigenvalue weighted by atomic mass is 9.70. The van der Waals surface area contributed by atoms with Crippen LogP contribution in [0.1, 0.15) is 58.8 Å². The number of nitrogens with zero attached hydrogens (tertiary/aromatic N) is 1. The molecule has 0 bridgehead atoms. The van der Waals surface area contributed by atoms with Gasteiger partial charge in [-0.1, -0.05) is 43.3 Å². The monoisotopic (exact) mass is 449 g/mol. The van der Waals surface area contributed by atoms with Gasteiger partial charge in [0.2, 0.25) is 0 Å². The number of halogens is 3. The van der Waals surface area contributed by atoms with E-state index in [1.54, 1.807) is 6.92 Å². The fraction of sp³-hybridized carbons (Fsp3) is 0.440. The Morgan fingerprint density at radius 1 is 1.19 bits per heavy atom. The van der Waals surface area contributed by atoms with Crippen molar-refractivity contribution in [2.24, 2.45) is 0 Å². The van der Waals surface area contributed by atoms with Crippen molar-refractivity contribution in [2.45, 2.75) is 51.1 Å². The molecule has 7 heteroatoms. The van der Waals surface area contributed by atoms with Gasteiger partial charge < -0.3 is 10.0 Å². The minimum absolute atomic E-state index is 0.0715. The van der Waals surface area contributed by atoms with Crippen molar-refractivity contribution < 1.29 is 27.9 Å². The number of benzene rings is 2. The Bertz CT molecular complexity index is 928. The summed E-state index contributed by atoms with van der Waals surface area (Å²) in [7, 11) is 2.06. The summed E-state index contributed by atoms with van der Waals surface area (Å²) in [6.45, 7) is 4.78. The van der Waals surface area contributed by atoms with E-state index < -0.39 is 11.7 Å². The third-order valence-corrected chi connectivity index (χ3v) is 6.21. The summed E-state index contributed by atoms with van der Waals surface area (Å²) >= 11 is 0. The van der Waals surface area contributed by atoms with E-state index in [2.05, 4.69) is 24.1 Å². The molecular formula is C25H30F3NO3. The van der Waals surface area contributed by atoms with Crippen LogP contribution >= 0.6 is 0 Å². The predicted octanol–water partition coefficient (Wildman–Crippen LogP) is 5.51. The van der Waals surface area contributed by atoms with E-state index in [4.69, 9.17) is 9.90 Å². The largest absolute Gasteiger partial charge is 0.483 e. The predicted molar refractivity (Wildman–Crippen MR) is 118 cm³/mol. The van der Waals surface area contributed by atoms with Crippen LogP contribution < -0.4 is 0 Å². The molecule has 1 aliphatic heterocycles. The summed E-state index contributed by atoms with van der Waals surface area (Å²) in [6.07, 6.45) is -1.82. The lowest BCUT2D eigenvalue weighted by Gasteiger charge is -2.42. The Morgan fingerprint density at radius 3 is 2.34 bits per heavy atom. The van der Waals surface area contributed by atoms with Crippen molar-refractivity contribution in [2.75, 3.05) is 20.1 Å². The minimum Gasteiger partial charge on any atom is -0.483 e. The Morgan fingerprint density at radius 2 is 1.81 bits per heavy atom. The first kappa shape index (κ1) is 25.6. The number of hydrogen-bond acceptors (Lipinski definition) is 3. The Balaban J connectivity index is 0.00000114. The van der Waals surface area contributed by atoms with Gasteiger partial charge in [0, 0.05) is 23.9 Å². The van der Waals surface area contributed by atoms with Crippen molar-refractivity contribution in [1.82, 2.24) is 4.90 Å². The minimum atomic E-state index is -4.41. The van der Waals surface area contributed by atoms with E-state index in [0.717, 1.165) is 37.6 Å². The number of hydrogen-bond donors (Lipinski definition) is 1. The van der Waals surface area contributed by atoms with Crippen LogP contribution in [0.25, 0.3) is 0 Å². The second-order valence-electron chi connectivity index (χ2n) is 8.31. The molecule has 1 aliphatic rings. The maximum atomic E-state index is 13.4. The zero-order valence-corrected chi connectivity index (χ0v) is 18.7. The molecule has 1 unspecified atom stereocenters. The van der Waals surface area contributed by atoms with Gasteiger partial charge in [-0.2, -0.15) is 13.2 Å². The highest BCUT2D eigenvalue weighted by molar-refractivity contribution is 5.98. The van der Waals surface area contributed by atoms with Gasteiger partial charge in [0.05, 0.1) is 5.56 Å². The molecule has 32 heavy (non-hydrogen) atoms. The average molecular weight is 450 g/mol. The molecular weight excluding hydrogens is 419 g/mol. The average Bonchev–Trinajstić information content (AvgIpc) is 2.73. The van der Waals surface area contributed by atoms with E-state index in [1.165, 1.54) is 13.0 Å². The molecule has 2 aromatic carbocycles. The highest BCUT2D eigenvalue weighted by Gasteiger charge is 2.39. The molecule has 1 atom stereocenters. The van der Waals surface area contributed by atoms with Gasteiger partial charge in [0.1, 0.15) is 0 Å². The quantitative estimate of drug-likeness (QED) is 0.483. The molecule has 1 saturated heterocycles. The van der Waals surface area contributed by atoms with E-state index in [9.17, 15) is 18.0 Å². The molecule has 1 fully saturated rings. The van der Waals surface area contributed by atoms with Crippen molar-refractivity contribution in [3.63, 3.8) is 0 Å². The number of alkyl halides is 3. The van der Waals surface area contributed by atoms with Crippen molar-refractivity contribution in [3.8, 4) is 0 Å².